The maximum absolute atomic E-state index is 12.3. The van der Waals surface area contributed by atoms with E-state index in [4.69, 9.17) is 4.74 Å². The van der Waals surface area contributed by atoms with Gasteiger partial charge in [-0.3, -0.25) is 4.79 Å². The molecule has 2 aromatic rings. The van der Waals surface area contributed by atoms with Gasteiger partial charge in [0.15, 0.2) is 0 Å². The highest BCUT2D eigenvalue weighted by Gasteiger charge is 2.21. The Hall–Kier alpha value is -2.17. The van der Waals surface area contributed by atoms with E-state index >= 15 is 0 Å². The molecule has 108 valence electrons. The number of rotatable bonds is 3. The molecule has 2 aromatic carbocycles. The summed E-state index contributed by atoms with van der Waals surface area (Å²) in [4.78, 5) is 12.3. The van der Waals surface area contributed by atoms with Crippen LogP contribution in [0.15, 0.2) is 54.6 Å². The second kappa shape index (κ2) is 6.52. The molecular weight excluding hydrogens is 264 g/mol. The third-order valence-electron chi connectivity index (χ3n) is 3.51. The Labute approximate surface area is 124 Å². The van der Waals surface area contributed by atoms with Crippen LogP contribution in [0.3, 0.4) is 0 Å². The van der Waals surface area contributed by atoms with E-state index in [2.05, 4.69) is 10.6 Å². The predicted molar refractivity (Wildman–Crippen MR) is 83.1 cm³/mol. The Morgan fingerprint density at radius 1 is 1.10 bits per heavy atom. The van der Waals surface area contributed by atoms with E-state index in [1.54, 1.807) is 0 Å². The molecule has 21 heavy (non-hydrogen) atoms. The van der Waals surface area contributed by atoms with E-state index < -0.39 is 0 Å². The maximum atomic E-state index is 12.3. The van der Waals surface area contributed by atoms with Crippen molar-refractivity contribution in [2.75, 3.05) is 25.1 Å². The summed E-state index contributed by atoms with van der Waals surface area (Å²) in [6.07, 6.45) is 0. The van der Waals surface area contributed by atoms with Crippen molar-refractivity contribution in [2.24, 2.45) is 0 Å². The summed E-state index contributed by atoms with van der Waals surface area (Å²) < 4.78 is 5.33. The summed E-state index contributed by atoms with van der Waals surface area (Å²) >= 11 is 0. The zero-order chi connectivity index (χ0) is 14.5. The number of hydrogen-bond acceptors (Lipinski definition) is 3. The van der Waals surface area contributed by atoms with E-state index in [0.29, 0.717) is 19.8 Å². The largest absolute Gasteiger partial charge is 0.378 e. The molecule has 2 N–H and O–H groups in total. The summed E-state index contributed by atoms with van der Waals surface area (Å²) in [5, 5.41) is 6.16. The van der Waals surface area contributed by atoms with Gasteiger partial charge in [-0.1, -0.05) is 48.5 Å². The summed E-state index contributed by atoms with van der Waals surface area (Å²) in [7, 11) is 0. The fourth-order valence-corrected chi connectivity index (χ4v) is 2.42. The van der Waals surface area contributed by atoms with Gasteiger partial charge in [-0.05, 0) is 11.6 Å². The second-order valence-corrected chi connectivity index (χ2v) is 4.98. The van der Waals surface area contributed by atoms with Crippen LogP contribution in [-0.4, -0.2) is 31.7 Å². The molecule has 1 saturated heterocycles. The average molecular weight is 282 g/mol. The number of hydrogen-bond donors (Lipinski definition) is 2. The summed E-state index contributed by atoms with van der Waals surface area (Å²) in [5.74, 6) is -0.0573. The highest BCUT2D eigenvalue weighted by Crippen LogP contribution is 2.27. The lowest BCUT2D eigenvalue weighted by molar-refractivity contribution is -0.120. The zero-order valence-corrected chi connectivity index (χ0v) is 11.7. The summed E-state index contributed by atoms with van der Waals surface area (Å²) in [6.45, 7) is 1.78. The fourth-order valence-electron chi connectivity index (χ4n) is 2.42. The number of ether oxygens (including phenoxy) is 1. The van der Waals surface area contributed by atoms with Crippen molar-refractivity contribution in [3.63, 3.8) is 0 Å². The van der Waals surface area contributed by atoms with Crippen LogP contribution >= 0.6 is 0 Å². The average Bonchev–Trinajstić information content (AvgIpc) is 2.57. The van der Waals surface area contributed by atoms with Gasteiger partial charge in [0, 0.05) is 17.8 Å². The van der Waals surface area contributed by atoms with Gasteiger partial charge in [0.05, 0.1) is 13.2 Å². The number of carbonyl (C=O) groups is 1. The first-order valence-electron chi connectivity index (χ1n) is 7.11. The number of nitrogens with one attached hydrogen (secondary N) is 2. The Morgan fingerprint density at radius 3 is 2.62 bits per heavy atom. The molecule has 0 radical (unpaired) electrons. The van der Waals surface area contributed by atoms with Gasteiger partial charge in [0.25, 0.3) is 0 Å². The van der Waals surface area contributed by atoms with Crippen molar-refractivity contribution in [2.45, 2.75) is 6.04 Å². The first kappa shape index (κ1) is 13.8. The van der Waals surface area contributed by atoms with E-state index in [-0.39, 0.29) is 11.9 Å². The van der Waals surface area contributed by atoms with E-state index in [9.17, 15) is 4.79 Å². The normalized spacial score (nSPS) is 18.2. The summed E-state index contributed by atoms with van der Waals surface area (Å²) in [5.41, 5.74) is 2.92. The minimum absolute atomic E-state index is 0.0573. The van der Waals surface area contributed by atoms with Crippen LogP contribution < -0.4 is 10.6 Å². The molecule has 3 rings (SSSR count). The molecule has 1 heterocycles. The predicted octanol–water partition coefficient (Wildman–Crippen LogP) is 2.28. The van der Waals surface area contributed by atoms with Crippen LogP contribution in [0.2, 0.25) is 0 Å². The lowest BCUT2D eigenvalue weighted by Gasteiger charge is -2.23. The highest BCUT2D eigenvalue weighted by molar-refractivity contribution is 5.98. The first-order valence-corrected chi connectivity index (χ1v) is 7.11. The molecule has 4 heteroatoms. The quantitative estimate of drug-likeness (QED) is 0.908. The van der Waals surface area contributed by atoms with Gasteiger partial charge in [-0.25, -0.2) is 0 Å². The number of morpholine rings is 1. The van der Waals surface area contributed by atoms with Crippen LogP contribution in [0, 0.1) is 0 Å². The number of carbonyl (C=O) groups excluding carboxylic acids is 1. The Morgan fingerprint density at radius 2 is 1.86 bits per heavy atom. The molecule has 4 nitrogen and oxygen atoms in total. The Bertz CT molecular complexity index is 607. The zero-order valence-electron chi connectivity index (χ0n) is 11.7. The number of benzene rings is 2. The van der Waals surface area contributed by atoms with Gasteiger partial charge >= 0.3 is 0 Å². The van der Waals surface area contributed by atoms with E-state index in [1.165, 1.54) is 0 Å². The molecule has 1 fully saturated rings. The lowest BCUT2D eigenvalue weighted by Crippen LogP contribution is -2.48. The third kappa shape index (κ3) is 3.29. The molecule has 1 amide bonds. The minimum Gasteiger partial charge on any atom is -0.378 e. The van der Waals surface area contributed by atoms with Gasteiger partial charge in [-0.2, -0.15) is 0 Å². The van der Waals surface area contributed by atoms with Crippen LogP contribution in [0.5, 0.6) is 0 Å². The Kier molecular flexibility index (Phi) is 4.28. The van der Waals surface area contributed by atoms with E-state index in [0.717, 1.165) is 16.8 Å². The maximum Gasteiger partial charge on any atom is 0.243 e. The molecule has 1 aliphatic heterocycles. The first-order chi connectivity index (χ1) is 10.3. The molecule has 0 aliphatic carbocycles. The monoisotopic (exact) mass is 282 g/mol. The lowest BCUT2D eigenvalue weighted by atomic mass is 10.0. The van der Waals surface area contributed by atoms with Crippen LogP contribution in [0.25, 0.3) is 11.1 Å². The van der Waals surface area contributed by atoms with Crippen LogP contribution in [0.4, 0.5) is 5.69 Å². The minimum atomic E-state index is -0.289. The molecule has 1 unspecified atom stereocenters. The second-order valence-electron chi connectivity index (χ2n) is 4.98. The summed E-state index contributed by atoms with van der Waals surface area (Å²) in [6, 6.07) is 17.6. The standard InChI is InChI=1S/C17H18N2O2/c20-17(16-12-21-11-10-18-16)19-15-9-5-4-8-14(15)13-6-2-1-3-7-13/h1-9,16,18H,10-12H2,(H,19,20). The molecule has 1 atom stereocenters. The van der Waals surface area contributed by atoms with Crippen molar-refractivity contribution in [3.8, 4) is 11.1 Å². The number of amides is 1. The highest BCUT2D eigenvalue weighted by atomic mass is 16.5. The smallest absolute Gasteiger partial charge is 0.243 e. The van der Waals surface area contributed by atoms with Gasteiger partial charge in [-0.15, -0.1) is 0 Å². The van der Waals surface area contributed by atoms with Crippen molar-refractivity contribution < 1.29 is 9.53 Å². The van der Waals surface area contributed by atoms with Crippen LogP contribution in [0.1, 0.15) is 0 Å². The molecule has 0 aromatic heterocycles. The molecule has 0 bridgehead atoms. The Balaban J connectivity index is 1.81. The SMILES string of the molecule is O=C(Nc1ccccc1-c1ccccc1)C1COCCN1. The van der Waals surface area contributed by atoms with Crippen molar-refractivity contribution >= 4 is 11.6 Å². The van der Waals surface area contributed by atoms with Crippen molar-refractivity contribution in [1.29, 1.82) is 0 Å². The van der Waals surface area contributed by atoms with Crippen LogP contribution in [-0.2, 0) is 9.53 Å². The van der Waals surface area contributed by atoms with E-state index in [1.807, 2.05) is 54.6 Å². The number of para-hydroxylation sites is 1. The van der Waals surface area contributed by atoms with Crippen molar-refractivity contribution in [1.82, 2.24) is 5.32 Å². The molecule has 0 spiro atoms. The van der Waals surface area contributed by atoms with Gasteiger partial charge in [0.1, 0.15) is 6.04 Å². The van der Waals surface area contributed by atoms with Gasteiger partial charge < -0.3 is 15.4 Å². The molecule has 1 aliphatic rings. The third-order valence-corrected chi connectivity index (χ3v) is 3.51. The number of anilines is 1. The molecular formula is C17H18N2O2. The molecule has 0 saturated carbocycles. The topological polar surface area (TPSA) is 50.4 Å². The fraction of sp³-hybridized carbons (Fsp3) is 0.235. The van der Waals surface area contributed by atoms with Crippen molar-refractivity contribution in [3.05, 3.63) is 54.6 Å². The van der Waals surface area contributed by atoms with Gasteiger partial charge in [0.2, 0.25) is 5.91 Å².